The van der Waals surface area contributed by atoms with Crippen LogP contribution in [0.25, 0.3) is 0 Å². The fourth-order valence-electron chi connectivity index (χ4n) is 3.07. The third-order valence-electron chi connectivity index (χ3n) is 4.30. The highest BCUT2D eigenvalue weighted by Gasteiger charge is 2.23. The molecule has 0 radical (unpaired) electrons. The van der Waals surface area contributed by atoms with Crippen LogP contribution in [0.5, 0.6) is 0 Å². The van der Waals surface area contributed by atoms with Crippen molar-refractivity contribution >= 4 is 5.84 Å². The molecule has 0 aromatic heterocycles. The van der Waals surface area contributed by atoms with Gasteiger partial charge >= 0.3 is 0 Å². The summed E-state index contributed by atoms with van der Waals surface area (Å²) in [5, 5.41) is 8.16. The summed E-state index contributed by atoms with van der Waals surface area (Å²) in [6.45, 7) is 8.55. The molecular formula is C17H27N3. The summed E-state index contributed by atoms with van der Waals surface area (Å²) in [5.41, 5.74) is 1.37. The quantitative estimate of drug-likeness (QED) is 0.859. The highest BCUT2D eigenvalue weighted by atomic mass is 15.2. The van der Waals surface area contributed by atoms with Gasteiger partial charge in [0.15, 0.2) is 0 Å². The predicted molar refractivity (Wildman–Crippen MR) is 85.3 cm³/mol. The Bertz CT molecular complexity index is 412. The van der Waals surface area contributed by atoms with Gasteiger partial charge in [-0.25, -0.2) is 0 Å². The molecular weight excluding hydrogens is 246 g/mol. The van der Waals surface area contributed by atoms with Gasteiger partial charge in [-0.2, -0.15) is 0 Å². The van der Waals surface area contributed by atoms with Gasteiger partial charge in [0, 0.05) is 19.5 Å². The summed E-state index contributed by atoms with van der Waals surface area (Å²) < 4.78 is 0. The number of piperidine rings is 1. The first-order valence-electron chi connectivity index (χ1n) is 7.87. The molecule has 1 aliphatic heterocycles. The van der Waals surface area contributed by atoms with Crippen LogP contribution >= 0.6 is 0 Å². The molecule has 1 fully saturated rings. The van der Waals surface area contributed by atoms with E-state index < -0.39 is 0 Å². The standard InChI is InChI=1S/C17H27N3/c1-3-19(4-2)16(15-10-6-5-7-11-15)14-20-13-9-8-12-17(20)18/h5-7,10-11,16,18H,3-4,8-9,12-14H2,1-2H3. The van der Waals surface area contributed by atoms with E-state index in [0.29, 0.717) is 6.04 Å². The molecule has 20 heavy (non-hydrogen) atoms. The topological polar surface area (TPSA) is 30.3 Å². The molecule has 1 aromatic carbocycles. The van der Waals surface area contributed by atoms with E-state index in [4.69, 9.17) is 5.41 Å². The second-order valence-electron chi connectivity index (χ2n) is 5.50. The Morgan fingerprint density at radius 1 is 1.15 bits per heavy atom. The first-order chi connectivity index (χ1) is 9.76. The van der Waals surface area contributed by atoms with E-state index >= 15 is 0 Å². The van der Waals surface area contributed by atoms with Crippen molar-refractivity contribution < 1.29 is 0 Å². The van der Waals surface area contributed by atoms with Gasteiger partial charge in [0.25, 0.3) is 0 Å². The fourth-order valence-corrected chi connectivity index (χ4v) is 3.07. The zero-order valence-corrected chi connectivity index (χ0v) is 12.8. The maximum atomic E-state index is 8.16. The van der Waals surface area contributed by atoms with Crippen molar-refractivity contribution in [3.63, 3.8) is 0 Å². The molecule has 2 rings (SSSR count). The summed E-state index contributed by atoms with van der Waals surface area (Å²) in [6.07, 6.45) is 3.35. The Labute approximate surface area is 123 Å². The number of nitrogens with zero attached hydrogens (tertiary/aromatic N) is 2. The lowest BCUT2D eigenvalue weighted by Crippen LogP contribution is -2.42. The zero-order chi connectivity index (χ0) is 14.4. The molecule has 3 heteroatoms. The molecule has 0 spiro atoms. The van der Waals surface area contributed by atoms with Crippen molar-refractivity contribution in [1.29, 1.82) is 5.41 Å². The van der Waals surface area contributed by atoms with Crippen molar-refractivity contribution in [1.82, 2.24) is 9.80 Å². The third kappa shape index (κ3) is 3.60. The summed E-state index contributed by atoms with van der Waals surface area (Å²) in [5.74, 6) is 0.823. The lowest BCUT2D eigenvalue weighted by atomic mass is 10.0. The van der Waals surface area contributed by atoms with Crippen LogP contribution in [0, 0.1) is 5.41 Å². The van der Waals surface area contributed by atoms with Crippen molar-refractivity contribution in [2.24, 2.45) is 0 Å². The molecule has 110 valence electrons. The molecule has 0 aliphatic carbocycles. The molecule has 1 aliphatic rings. The van der Waals surface area contributed by atoms with E-state index in [0.717, 1.165) is 38.4 Å². The molecule has 1 atom stereocenters. The fraction of sp³-hybridized carbons (Fsp3) is 0.588. The number of rotatable bonds is 6. The summed E-state index contributed by atoms with van der Waals surface area (Å²) >= 11 is 0. The van der Waals surface area contributed by atoms with E-state index in [1.807, 2.05) is 0 Å². The number of likely N-dealkylation sites (N-methyl/N-ethyl adjacent to an activating group) is 1. The van der Waals surface area contributed by atoms with E-state index in [1.54, 1.807) is 0 Å². The molecule has 1 unspecified atom stereocenters. The zero-order valence-electron chi connectivity index (χ0n) is 12.8. The Kier molecular flexibility index (Phi) is 5.60. The van der Waals surface area contributed by atoms with Crippen LogP contribution in [0.2, 0.25) is 0 Å². The Hall–Kier alpha value is -1.35. The Morgan fingerprint density at radius 2 is 1.85 bits per heavy atom. The number of benzene rings is 1. The van der Waals surface area contributed by atoms with E-state index in [2.05, 4.69) is 54.0 Å². The van der Waals surface area contributed by atoms with Gasteiger partial charge in [0.05, 0.1) is 11.9 Å². The van der Waals surface area contributed by atoms with Crippen molar-refractivity contribution in [2.45, 2.75) is 39.2 Å². The Morgan fingerprint density at radius 3 is 2.45 bits per heavy atom. The second-order valence-corrected chi connectivity index (χ2v) is 5.50. The highest BCUT2D eigenvalue weighted by Crippen LogP contribution is 2.23. The van der Waals surface area contributed by atoms with Crippen LogP contribution in [-0.4, -0.2) is 41.8 Å². The number of likely N-dealkylation sites (tertiary alicyclic amines) is 1. The van der Waals surface area contributed by atoms with Crippen molar-refractivity contribution in [2.75, 3.05) is 26.2 Å². The van der Waals surface area contributed by atoms with E-state index in [-0.39, 0.29) is 0 Å². The average molecular weight is 273 g/mol. The minimum absolute atomic E-state index is 0.393. The van der Waals surface area contributed by atoms with Gasteiger partial charge < -0.3 is 4.90 Å². The summed E-state index contributed by atoms with van der Waals surface area (Å²) in [6, 6.07) is 11.1. The summed E-state index contributed by atoms with van der Waals surface area (Å²) in [7, 11) is 0. The number of amidine groups is 1. The van der Waals surface area contributed by atoms with Gasteiger partial charge in [0.1, 0.15) is 0 Å². The highest BCUT2D eigenvalue weighted by molar-refractivity contribution is 5.79. The maximum Gasteiger partial charge on any atom is 0.0958 e. The van der Waals surface area contributed by atoms with Gasteiger partial charge in [-0.3, -0.25) is 10.3 Å². The van der Waals surface area contributed by atoms with Crippen molar-refractivity contribution in [3.8, 4) is 0 Å². The lowest BCUT2D eigenvalue weighted by molar-refractivity contribution is 0.177. The first kappa shape index (κ1) is 15.0. The van der Waals surface area contributed by atoms with Crippen LogP contribution < -0.4 is 0 Å². The van der Waals surface area contributed by atoms with Gasteiger partial charge in [-0.05, 0) is 31.5 Å². The van der Waals surface area contributed by atoms with Crippen molar-refractivity contribution in [3.05, 3.63) is 35.9 Å². The van der Waals surface area contributed by atoms with Gasteiger partial charge in [-0.1, -0.05) is 44.2 Å². The average Bonchev–Trinajstić information content (AvgIpc) is 2.50. The lowest BCUT2D eigenvalue weighted by Gasteiger charge is -2.37. The molecule has 1 N–H and O–H groups in total. The first-order valence-corrected chi connectivity index (χ1v) is 7.87. The molecule has 0 bridgehead atoms. The van der Waals surface area contributed by atoms with Crippen LogP contribution in [0.1, 0.15) is 44.7 Å². The largest absolute Gasteiger partial charge is 0.359 e. The monoisotopic (exact) mass is 273 g/mol. The summed E-state index contributed by atoms with van der Waals surface area (Å²) in [4.78, 5) is 4.77. The number of hydrogen-bond acceptors (Lipinski definition) is 2. The van der Waals surface area contributed by atoms with E-state index in [9.17, 15) is 0 Å². The molecule has 1 saturated heterocycles. The molecule has 1 aromatic rings. The molecule has 0 amide bonds. The predicted octanol–water partition coefficient (Wildman–Crippen LogP) is 3.53. The van der Waals surface area contributed by atoms with Crippen LogP contribution in [0.15, 0.2) is 30.3 Å². The number of hydrogen-bond donors (Lipinski definition) is 1. The minimum atomic E-state index is 0.393. The van der Waals surface area contributed by atoms with Crippen LogP contribution in [0.3, 0.4) is 0 Å². The second kappa shape index (κ2) is 7.44. The maximum absolute atomic E-state index is 8.16. The molecule has 0 saturated carbocycles. The normalized spacial score (nSPS) is 17.6. The SMILES string of the molecule is CCN(CC)C(CN1CCCCC1=N)c1ccccc1. The van der Waals surface area contributed by atoms with E-state index in [1.165, 1.54) is 18.4 Å². The van der Waals surface area contributed by atoms with Crippen LogP contribution in [0.4, 0.5) is 0 Å². The minimum Gasteiger partial charge on any atom is -0.359 e. The molecule has 1 heterocycles. The molecule has 3 nitrogen and oxygen atoms in total. The third-order valence-corrected chi connectivity index (χ3v) is 4.30. The number of nitrogens with one attached hydrogen (secondary N) is 1. The van der Waals surface area contributed by atoms with Gasteiger partial charge in [0.2, 0.25) is 0 Å². The smallest absolute Gasteiger partial charge is 0.0958 e. The van der Waals surface area contributed by atoms with Crippen LogP contribution in [-0.2, 0) is 0 Å². The Balaban J connectivity index is 2.16. The van der Waals surface area contributed by atoms with Gasteiger partial charge in [-0.15, -0.1) is 0 Å².